The fraction of sp³-hybridized carbons (Fsp3) is 0.733. The molecule has 2 atom stereocenters. The van der Waals surface area contributed by atoms with Crippen molar-refractivity contribution in [3.63, 3.8) is 0 Å². The van der Waals surface area contributed by atoms with E-state index in [1.54, 1.807) is 0 Å². The molecular weight excluding hydrogens is 274 g/mol. The third-order valence-electron chi connectivity index (χ3n) is 4.69. The van der Waals surface area contributed by atoms with Crippen LogP contribution in [0.1, 0.15) is 55.8 Å². The molecule has 2 aliphatic rings. The average Bonchev–Trinajstić information content (AvgIpc) is 2.77. The third-order valence-corrected chi connectivity index (χ3v) is 6.44. The first kappa shape index (κ1) is 14.1. The third kappa shape index (κ3) is 2.31. The van der Waals surface area contributed by atoms with E-state index in [1.807, 2.05) is 13.0 Å². The summed E-state index contributed by atoms with van der Waals surface area (Å²) in [5.41, 5.74) is 3.29. The molecule has 3 rings (SSSR count). The van der Waals surface area contributed by atoms with Crippen molar-refractivity contribution in [1.82, 2.24) is 4.57 Å². The molecule has 112 valence electrons. The van der Waals surface area contributed by atoms with Crippen molar-refractivity contribution in [2.24, 2.45) is 5.41 Å². The number of nitrogens with zero attached hydrogens (tertiary/aromatic N) is 1. The van der Waals surface area contributed by atoms with Crippen molar-refractivity contribution in [3.8, 4) is 0 Å². The first-order valence-electron chi connectivity index (χ1n) is 7.28. The Hall–Kier alpha value is -0.810. The van der Waals surface area contributed by atoms with Gasteiger partial charge >= 0.3 is 0 Å². The molecule has 1 saturated heterocycles. The molecular formula is C15H23NO3S. The van der Waals surface area contributed by atoms with Crippen LogP contribution in [-0.2, 0) is 16.3 Å². The van der Waals surface area contributed by atoms with Gasteiger partial charge in [-0.1, -0.05) is 13.8 Å². The van der Waals surface area contributed by atoms with E-state index in [9.17, 15) is 13.5 Å². The lowest BCUT2D eigenvalue weighted by Gasteiger charge is -2.34. The van der Waals surface area contributed by atoms with E-state index in [-0.39, 0.29) is 23.0 Å². The highest BCUT2D eigenvalue weighted by Gasteiger charge is 2.37. The van der Waals surface area contributed by atoms with E-state index in [0.717, 1.165) is 29.8 Å². The second kappa shape index (κ2) is 4.34. The Labute approximate surface area is 120 Å². The molecule has 0 bridgehead atoms. The Bertz CT molecular complexity index is 642. The summed E-state index contributed by atoms with van der Waals surface area (Å²) in [7, 11) is -2.89. The lowest BCUT2D eigenvalue weighted by molar-refractivity contribution is 0.0976. The molecule has 2 unspecified atom stereocenters. The molecule has 1 aliphatic heterocycles. The van der Waals surface area contributed by atoms with Crippen molar-refractivity contribution < 1.29 is 13.5 Å². The molecule has 0 saturated carbocycles. The maximum absolute atomic E-state index is 11.7. The van der Waals surface area contributed by atoms with Crippen LogP contribution in [0.2, 0.25) is 0 Å². The number of aliphatic hydroxyl groups excluding tert-OH is 1. The monoisotopic (exact) mass is 297 g/mol. The van der Waals surface area contributed by atoms with Crippen molar-refractivity contribution in [2.75, 3.05) is 11.5 Å². The molecule has 1 aromatic rings. The number of hydrogen-bond donors (Lipinski definition) is 1. The van der Waals surface area contributed by atoms with E-state index in [4.69, 9.17) is 0 Å². The molecule has 1 fully saturated rings. The van der Waals surface area contributed by atoms with E-state index in [0.29, 0.717) is 6.42 Å². The van der Waals surface area contributed by atoms with E-state index in [1.165, 1.54) is 0 Å². The van der Waals surface area contributed by atoms with Crippen LogP contribution < -0.4 is 0 Å². The Balaban J connectivity index is 2.05. The van der Waals surface area contributed by atoms with Crippen molar-refractivity contribution >= 4 is 9.84 Å². The Morgan fingerprint density at radius 3 is 2.70 bits per heavy atom. The van der Waals surface area contributed by atoms with Crippen LogP contribution >= 0.6 is 0 Å². The Kier molecular flexibility index (Phi) is 3.07. The van der Waals surface area contributed by atoms with E-state index < -0.39 is 15.9 Å². The van der Waals surface area contributed by atoms with Gasteiger partial charge in [-0.15, -0.1) is 0 Å². The number of aryl methyl sites for hydroxylation is 1. The topological polar surface area (TPSA) is 59.3 Å². The Morgan fingerprint density at radius 1 is 1.40 bits per heavy atom. The van der Waals surface area contributed by atoms with Gasteiger partial charge in [-0.3, -0.25) is 0 Å². The zero-order chi connectivity index (χ0) is 14.7. The predicted molar refractivity (Wildman–Crippen MR) is 78.5 cm³/mol. The lowest BCUT2D eigenvalue weighted by Crippen LogP contribution is -2.28. The molecule has 2 heterocycles. The van der Waals surface area contributed by atoms with Crippen LogP contribution in [0, 0.1) is 12.3 Å². The van der Waals surface area contributed by atoms with Crippen LogP contribution in [0.4, 0.5) is 0 Å². The molecule has 1 aliphatic carbocycles. The summed E-state index contributed by atoms with van der Waals surface area (Å²) in [5, 5.41) is 10.3. The number of fused-ring (bicyclic) bond motifs is 1. The summed E-state index contributed by atoms with van der Waals surface area (Å²) >= 11 is 0. The average molecular weight is 297 g/mol. The predicted octanol–water partition coefficient (Wildman–Crippen LogP) is 2.16. The second-order valence-corrected chi connectivity index (χ2v) is 9.40. The normalized spacial score (nSPS) is 31.2. The molecule has 20 heavy (non-hydrogen) atoms. The van der Waals surface area contributed by atoms with Gasteiger partial charge in [0.1, 0.15) is 0 Å². The fourth-order valence-electron chi connectivity index (χ4n) is 3.85. The highest BCUT2D eigenvalue weighted by atomic mass is 32.2. The van der Waals surface area contributed by atoms with Crippen LogP contribution in [-0.4, -0.2) is 29.6 Å². The van der Waals surface area contributed by atoms with Crippen molar-refractivity contribution in [3.05, 3.63) is 23.0 Å². The highest BCUT2D eigenvalue weighted by Crippen LogP contribution is 2.43. The van der Waals surface area contributed by atoms with Gasteiger partial charge in [0.05, 0.1) is 17.6 Å². The summed E-state index contributed by atoms with van der Waals surface area (Å²) in [5.74, 6) is 0.529. The quantitative estimate of drug-likeness (QED) is 0.864. The van der Waals surface area contributed by atoms with Crippen molar-refractivity contribution in [1.29, 1.82) is 0 Å². The highest BCUT2D eigenvalue weighted by molar-refractivity contribution is 7.91. The molecule has 5 heteroatoms. The molecule has 0 aromatic carbocycles. The Morgan fingerprint density at radius 2 is 2.10 bits per heavy atom. The minimum Gasteiger partial charge on any atom is -0.388 e. The van der Waals surface area contributed by atoms with Gasteiger partial charge in [-0.25, -0.2) is 8.42 Å². The zero-order valence-electron chi connectivity index (χ0n) is 12.4. The zero-order valence-corrected chi connectivity index (χ0v) is 13.2. The van der Waals surface area contributed by atoms with E-state index in [2.05, 4.69) is 18.4 Å². The fourth-order valence-corrected chi connectivity index (χ4v) is 5.55. The number of rotatable bonds is 1. The molecule has 0 spiro atoms. The van der Waals surface area contributed by atoms with E-state index >= 15 is 0 Å². The smallest absolute Gasteiger partial charge is 0.152 e. The van der Waals surface area contributed by atoms with Crippen LogP contribution in [0.5, 0.6) is 0 Å². The van der Waals surface area contributed by atoms with Crippen LogP contribution in [0.15, 0.2) is 6.07 Å². The molecule has 1 N–H and O–H groups in total. The summed E-state index contributed by atoms with van der Waals surface area (Å²) in [4.78, 5) is 0. The summed E-state index contributed by atoms with van der Waals surface area (Å²) in [6.07, 6.45) is 1.95. The van der Waals surface area contributed by atoms with Gasteiger partial charge in [-0.2, -0.15) is 0 Å². The van der Waals surface area contributed by atoms with Crippen molar-refractivity contribution in [2.45, 2.75) is 52.2 Å². The molecule has 0 radical (unpaired) electrons. The van der Waals surface area contributed by atoms with Gasteiger partial charge in [0.25, 0.3) is 0 Å². The first-order chi connectivity index (χ1) is 9.19. The number of aliphatic hydroxyl groups is 1. The standard InChI is InChI=1S/C15H23NO3S/c1-10-6-12-13(7-15(2,3)8-14(12)17)16(10)11-4-5-20(18,19)9-11/h6,11,14,17H,4-5,7-9H2,1-3H3. The number of aromatic nitrogens is 1. The molecule has 0 amide bonds. The minimum absolute atomic E-state index is 0.0462. The van der Waals surface area contributed by atoms with Gasteiger partial charge in [0.15, 0.2) is 9.84 Å². The molecule has 1 aromatic heterocycles. The van der Waals surface area contributed by atoms with Crippen LogP contribution in [0.3, 0.4) is 0 Å². The summed E-state index contributed by atoms with van der Waals surface area (Å²) in [6, 6.07) is 2.09. The lowest BCUT2D eigenvalue weighted by atomic mass is 9.75. The SMILES string of the molecule is Cc1cc2c(n1C1CCS(=O)(=O)C1)CC(C)(C)CC2O. The van der Waals surface area contributed by atoms with Gasteiger partial charge in [0, 0.05) is 23.0 Å². The molecule has 4 nitrogen and oxygen atoms in total. The van der Waals surface area contributed by atoms with Gasteiger partial charge in [0.2, 0.25) is 0 Å². The summed E-state index contributed by atoms with van der Waals surface area (Å²) in [6.45, 7) is 6.34. The maximum atomic E-state index is 11.7. The van der Waals surface area contributed by atoms with Gasteiger partial charge in [-0.05, 0) is 37.7 Å². The van der Waals surface area contributed by atoms with Gasteiger partial charge < -0.3 is 9.67 Å². The first-order valence-corrected chi connectivity index (χ1v) is 9.10. The largest absolute Gasteiger partial charge is 0.388 e. The summed E-state index contributed by atoms with van der Waals surface area (Å²) < 4.78 is 25.7. The minimum atomic E-state index is -2.89. The maximum Gasteiger partial charge on any atom is 0.152 e. The van der Waals surface area contributed by atoms with Crippen LogP contribution in [0.25, 0.3) is 0 Å². The number of sulfone groups is 1. The second-order valence-electron chi connectivity index (χ2n) is 7.18. The number of hydrogen-bond acceptors (Lipinski definition) is 3.